The molecule has 546 valence electrons. The van der Waals surface area contributed by atoms with Gasteiger partial charge in [0.25, 0.3) is 0 Å². The maximum atomic E-state index is 11.8. The fourth-order valence-electron chi connectivity index (χ4n) is 8.90. The maximum absolute atomic E-state index is 11.8. The molecule has 4 aliphatic rings. The molecule has 2 aromatic rings. The van der Waals surface area contributed by atoms with Gasteiger partial charge in [-0.2, -0.15) is 31.6 Å². The van der Waals surface area contributed by atoms with Gasteiger partial charge in [-0.05, 0) is 216 Å². The molecular formula is C81H160ClFN6O3. The van der Waals surface area contributed by atoms with Crippen LogP contribution in [0.1, 0.15) is 354 Å². The van der Waals surface area contributed by atoms with Gasteiger partial charge in [-0.3, -0.25) is 4.79 Å². The van der Waals surface area contributed by atoms with Crippen molar-refractivity contribution in [2.75, 3.05) is 19.2 Å². The molecule has 4 saturated carbocycles. The summed E-state index contributed by atoms with van der Waals surface area (Å²) in [5.74, 6) is 3.88. The van der Waals surface area contributed by atoms with Crippen LogP contribution >= 0.6 is 11.6 Å². The number of carbonyl (C=O) groups excluding carboxylic acids is 1. The molecule has 0 heterocycles. The second kappa shape index (κ2) is 62.2. The molecule has 0 radical (unpaired) electrons. The van der Waals surface area contributed by atoms with Crippen LogP contribution in [0.3, 0.4) is 0 Å². The monoisotopic (exact) mass is 1320 g/mol. The van der Waals surface area contributed by atoms with Crippen molar-refractivity contribution in [2.45, 2.75) is 348 Å². The van der Waals surface area contributed by atoms with Crippen molar-refractivity contribution in [1.82, 2.24) is 0 Å². The van der Waals surface area contributed by atoms with Gasteiger partial charge in [-0.1, -0.05) is 197 Å². The zero-order valence-electron chi connectivity index (χ0n) is 52.2. The third kappa shape index (κ3) is 45.4. The molecule has 9 nitrogen and oxygen atoms in total. The number of alkyl halides is 2. The molecule has 0 saturated heterocycles. The molecule has 4 bridgehead atoms. The Kier molecular flexibility index (Phi) is 86.3. The van der Waals surface area contributed by atoms with E-state index >= 15 is 0 Å². The van der Waals surface area contributed by atoms with Gasteiger partial charge in [0.15, 0.2) is 0 Å². The molecule has 0 N–H and O–H groups in total. The lowest BCUT2D eigenvalue weighted by molar-refractivity contribution is -0.204. The average molecular weight is 1320 g/mol. The van der Waals surface area contributed by atoms with Crippen molar-refractivity contribution in [2.24, 2.45) is 44.8 Å². The highest BCUT2D eigenvalue weighted by molar-refractivity contribution is 6.18. The van der Waals surface area contributed by atoms with Crippen LogP contribution in [0, 0.1) is 113 Å². The standard InChI is InChI=1S/C17H30O.C12H15N.C11H13N.C9H15NO2.C6H10ClN.C6H10FN.C6H11N.14CH4/c1-5-12(2)18-16(3,4)17-9-13-6-14(10-17)8-15(7-13)11-17;1-4-12(2,3)11-7-5-10(9-13)6-8-11;1-3-9(2)11-6-4-10(8-12)5-7-11;1-4-9(2,3)8(11)12-7-5-6-10;2*1-3-6(2,4-7)5-8;1-4-6(2,3)5-7;;;;;;;;;;;;;;/h12-15H,5-11H2,1-4H3;5-8H,4H2,1-3H3;4-7,9H,3H2,1-2H3;4-5,7H2,1-3H3;2*3-4H2,1-2H3;4H2,1-3H3;14*1H4. The van der Waals surface area contributed by atoms with E-state index in [0.29, 0.717) is 29.7 Å². The molecule has 0 spiro atoms. The van der Waals surface area contributed by atoms with Crippen molar-refractivity contribution >= 4 is 17.6 Å². The lowest BCUT2D eigenvalue weighted by Crippen LogP contribution is -2.57. The summed E-state index contributed by atoms with van der Waals surface area (Å²) in [4.78, 5) is 11.2. The number of rotatable bonds is 17. The third-order valence-corrected chi connectivity index (χ3v) is 17.6. The van der Waals surface area contributed by atoms with Gasteiger partial charge in [0.05, 0.1) is 87.3 Å². The van der Waals surface area contributed by atoms with E-state index in [9.17, 15) is 9.18 Å². The van der Waals surface area contributed by atoms with Crippen LogP contribution in [0.4, 0.5) is 4.39 Å². The van der Waals surface area contributed by atoms with Crippen molar-refractivity contribution in [3.05, 3.63) is 70.8 Å². The normalized spacial score (nSPS) is 16.9. The molecule has 92 heavy (non-hydrogen) atoms. The number of nitriles is 6. The van der Waals surface area contributed by atoms with E-state index in [-0.39, 0.29) is 145 Å². The first-order valence-corrected chi connectivity index (χ1v) is 29.5. The van der Waals surface area contributed by atoms with E-state index in [1.54, 1.807) is 6.92 Å². The lowest BCUT2D eigenvalue weighted by Gasteiger charge is -2.62. The molecule has 2 aromatic carbocycles. The first-order chi connectivity index (χ1) is 36.3. The van der Waals surface area contributed by atoms with Gasteiger partial charge in [-0.25, -0.2) is 4.39 Å². The minimum Gasteiger partial charge on any atom is -0.464 e. The Morgan fingerprint density at radius 1 is 0.554 bits per heavy atom. The van der Waals surface area contributed by atoms with E-state index < -0.39 is 17.5 Å². The molecule has 4 fully saturated rings. The van der Waals surface area contributed by atoms with Crippen LogP contribution in [-0.2, 0) is 19.7 Å². The molecule has 4 unspecified atom stereocenters. The van der Waals surface area contributed by atoms with Crippen molar-refractivity contribution in [3.8, 4) is 36.4 Å². The largest absolute Gasteiger partial charge is 0.464 e. The summed E-state index contributed by atoms with van der Waals surface area (Å²) in [5.41, 5.74) is 3.32. The average Bonchev–Trinajstić information content (AvgIpc) is 3.44. The highest BCUT2D eigenvalue weighted by Gasteiger charge is 2.58. The second-order valence-electron chi connectivity index (χ2n) is 25.0. The Morgan fingerprint density at radius 2 is 0.935 bits per heavy atom. The quantitative estimate of drug-likeness (QED) is 0.0846. The molecular weight excluding hydrogens is 1160 g/mol. The zero-order chi connectivity index (χ0) is 60.6. The smallest absolute Gasteiger partial charge is 0.311 e. The van der Waals surface area contributed by atoms with Crippen LogP contribution < -0.4 is 0 Å². The van der Waals surface area contributed by atoms with Crippen molar-refractivity contribution in [1.29, 1.82) is 31.6 Å². The highest BCUT2D eigenvalue weighted by atomic mass is 35.5. The van der Waals surface area contributed by atoms with Crippen molar-refractivity contribution < 1.29 is 18.7 Å². The van der Waals surface area contributed by atoms with E-state index in [2.05, 4.69) is 86.6 Å². The number of ether oxygens (including phenoxy) is 2. The Bertz CT molecular complexity index is 2210. The van der Waals surface area contributed by atoms with Gasteiger partial charge in [0, 0.05) is 5.88 Å². The molecule has 6 rings (SSSR count). The molecule has 0 aromatic heterocycles. The summed E-state index contributed by atoms with van der Waals surface area (Å²) in [7, 11) is 0. The number of carbonyl (C=O) groups is 1. The van der Waals surface area contributed by atoms with Crippen molar-refractivity contribution in [3.63, 3.8) is 0 Å². The first-order valence-electron chi connectivity index (χ1n) is 28.9. The van der Waals surface area contributed by atoms with Gasteiger partial charge in [0.1, 0.15) is 13.3 Å². The number of halogens is 2. The summed E-state index contributed by atoms with van der Waals surface area (Å²) in [6.07, 6.45) is 16.1. The Labute approximate surface area is 584 Å². The summed E-state index contributed by atoms with van der Waals surface area (Å²) in [6.45, 7) is 38.6. The Morgan fingerprint density at radius 3 is 1.16 bits per heavy atom. The number of hydrogen-bond donors (Lipinski definition) is 0. The predicted octanol–water partition coefficient (Wildman–Crippen LogP) is 27.9. The van der Waals surface area contributed by atoms with Gasteiger partial charge >= 0.3 is 5.97 Å². The Balaban J connectivity index is -0.0000000521. The number of benzene rings is 2. The van der Waals surface area contributed by atoms with Gasteiger partial charge in [0.2, 0.25) is 0 Å². The van der Waals surface area contributed by atoms with Crippen LogP contribution in [0.5, 0.6) is 0 Å². The summed E-state index contributed by atoms with van der Waals surface area (Å²) in [6, 6.07) is 28.1. The van der Waals surface area contributed by atoms with Crippen LogP contribution in [0.2, 0.25) is 0 Å². The number of esters is 1. The zero-order valence-corrected chi connectivity index (χ0v) is 52.9. The molecule has 11 heteroatoms. The lowest BCUT2D eigenvalue weighted by atomic mass is 9.46. The number of nitrogens with zero attached hydrogens (tertiary/aromatic N) is 6. The second-order valence-corrected chi connectivity index (χ2v) is 25.2. The van der Waals surface area contributed by atoms with Gasteiger partial charge in [-0.15, -0.1) is 11.6 Å². The molecule has 4 atom stereocenters. The van der Waals surface area contributed by atoms with E-state index in [1.807, 2.05) is 123 Å². The van der Waals surface area contributed by atoms with E-state index in [1.165, 1.54) is 49.7 Å². The van der Waals surface area contributed by atoms with Gasteiger partial charge < -0.3 is 9.47 Å². The summed E-state index contributed by atoms with van der Waals surface area (Å²) < 4.78 is 23.2. The third-order valence-electron chi connectivity index (χ3n) is 17.0. The fourth-order valence-corrected chi connectivity index (χ4v) is 9.15. The van der Waals surface area contributed by atoms with Crippen LogP contribution in [0.15, 0.2) is 48.5 Å². The topological polar surface area (TPSA) is 178 Å². The van der Waals surface area contributed by atoms with Crippen LogP contribution in [-0.4, -0.2) is 36.8 Å². The predicted molar refractivity (Wildman–Crippen MR) is 414 cm³/mol. The van der Waals surface area contributed by atoms with E-state index in [0.717, 1.165) is 67.4 Å². The molecule has 4 aliphatic carbocycles. The minimum atomic E-state index is -0.736. The molecule has 0 aliphatic heterocycles. The summed E-state index contributed by atoms with van der Waals surface area (Å²) in [5, 5.41) is 50.5. The maximum Gasteiger partial charge on any atom is 0.311 e. The molecule has 0 amide bonds. The fraction of sp³-hybridized carbons (Fsp3) is 0.765. The SMILES string of the molecule is C.C.C.C.C.C.C.C.C.C.C.C.C.C.CCC(C)(C#N)CCl.CCC(C)(C#N)CF.CCC(C)(C)C#N.CCC(C)(C)C(=O)OCCC#N.CCC(C)(C)c1ccc(C#N)cc1.CCC(C)OC(C)(C)C12CC3CC(CC(C3)C1)C2.CCC(C)c1ccc(C#N)cc1. The first kappa shape index (κ1) is 128. The Hall–Kier alpha value is -4.97. The minimum absolute atomic E-state index is 0. The highest BCUT2D eigenvalue weighted by Crippen LogP contribution is 2.64. The van der Waals surface area contributed by atoms with Crippen LogP contribution in [0.25, 0.3) is 0 Å². The summed E-state index contributed by atoms with van der Waals surface area (Å²) >= 11 is 5.49. The van der Waals surface area contributed by atoms with E-state index in [4.69, 9.17) is 52.6 Å². The number of hydrogen-bond acceptors (Lipinski definition) is 9.